The number of hydrogen-bond acceptors (Lipinski definition) is 8. The van der Waals surface area contributed by atoms with Crippen molar-refractivity contribution < 1.29 is 4.39 Å². The first-order valence-electron chi connectivity index (χ1n) is 7.20. The molecule has 1 unspecified atom stereocenters. The zero-order valence-electron chi connectivity index (χ0n) is 13.1. The Balaban J connectivity index is 2.20. The number of halogens is 2. The number of nitrogens with one attached hydrogen (secondary N) is 2. The molecule has 2 heterocycles. The summed E-state index contributed by atoms with van der Waals surface area (Å²) in [5.41, 5.74) is 6.84. The summed E-state index contributed by atoms with van der Waals surface area (Å²) in [5, 5.41) is 2.75. The minimum atomic E-state index is -0.577. The number of amidine groups is 1. The highest BCUT2D eigenvalue weighted by molar-refractivity contribution is 7.11. The fourth-order valence-electron chi connectivity index (χ4n) is 2.53. The summed E-state index contributed by atoms with van der Waals surface area (Å²) in [6, 6.07) is 3.56. The molecule has 2 aromatic rings. The van der Waals surface area contributed by atoms with E-state index in [2.05, 4.69) is 25.8 Å². The van der Waals surface area contributed by atoms with Crippen molar-refractivity contribution in [3.05, 3.63) is 62.6 Å². The van der Waals surface area contributed by atoms with Gasteiger partial charge in [0.25, 0.3) is 0 Å². The molecule has 0 spiro atoms. The van der Waals surface area contributed by atoms with E-state index in [4.69, 9.17) is 23.3 Å². The second-order valence-electron chi connectivity index (χ2n) is 5.13. The Hall–Kier alpha value is -2.33. The predicted octanol–water partition coefficient (Wildman–Crippen LogP) is 2.04. The molecule has 0 saturated carbocycles. The van der Waals surface area contributed by atoms with Crippen LogP contribution in [0.1, 0.15) is 23.5 Å². The Labute approximate surface area is 152 Å². The first kappa shape index (κ1) is 17.5. The van der Waals surface area contributed by atoms with Gasteiger partial charge in [-0.15, -0.1) is 11.3 Å². The average Bonchev–Trinajstić information content (AvgIpc) is 3.11. The number of nitrogens with zero attached hydrogens (tertiary/aromatic N) is 3. The number of benzene rings is 1. The Morgan fingerprint density at radius 1 is 1.32 bits per heavy atom. The Kier molecular flexibility index (Phi) is 5.09. The smallest absolute Gasteiger partial charge is 0.185 e. The molecule has 1 aliphatic rings. The lowest BCUT2D eigenvalue weighted by Gasteiger charge is -2.25. The van der Waals surface area contributed by atoms with Gasteiger partial charge in [0.15, 0.2) is 10.8 Å². The van der Waals surface area contributed by atoms with E-state index in [1.54, 1.807) is 19.2 Å². The fraction of sp³-hybridized carbons (Fsp3) is 0.133. The average molecular weight is 380 g/mol. The monoisotopic (exact) mass is 379 g/mol. The predicted molar refractivity (Wildman–Crippen MR) is 97.6 cm³/mol. The molecule has 1 aromatic carbocycles. The molecule has 1 aliphatic heterocycles. The second kappa shape index (κ2) is 7.28. The van der Waals surface area contributed by atoms with Gasteiger partial charge in [-0.05, 0) is 19.1 Å². The third-order valence-corrected chi connectivity index (χ3v) is 4.72. The third-order valence-electron chi connectivity index (χ3n) is 3.63. The van der Waals surface area contributed by atoms with Gasteiger partial charge >= 0.3 is 0 Å². The van der Waals surface area contributed by atoms with Gasteiger partial charge in [0.05, 0.1) is 0 Å². The fourth-order valence-corrected chi connectivity index (χ4v) is 3.38. The molecule has 3 rings (SSSR count). The van der Waals surface area contributed by atoms with Crippen molar-refractivity contribution in [1.82, 2.24) is 15.8 Å². The molecule has 1 aromatic heterocycles. The van der Waals surface area contributed by atoms with Crippen LogP contribution < -0.4 is 22.5 Å². The van der Waals surface area contributed by atoms with Crippen LogP contribution in [0.2, 0.25) is 5.02 Å². The van der Waals surface area contributed by atoms with Gasteiger partial charge in [0, 0.05) is 33.4 Å². The topological polar surface area (TPSA) is 114 Å². The number of nitrogens with two attached hydrogens (primary N) is 2. The molecule has 1 atom stereocenters. The third kappa shape index (κ3) is 3.40. The molecule has 25 heavy (non-hydrogen) atoms. The molecule has 0 saturated heterocycles. The summed E-state index contributed by atoms with van der Waals surface area (Å²) < 4.78 is 13.5. The van der Waals surface area contributed by atoms with Crippen molar-refractivity contribution in [2.45, 2.75) is 13.0 Å². The van der Waals surface area contributed by atoms with Gasteiger partial charge in [0.2, 0.25) is 0 Å². The van der Waals surface area contributed by atoms with Gasteiger partial charge < -0.3 is 10.9 Å². The lowest BCUT2D eigenvalue weighted by Crippen LogP contribution is -2.39. The zero-order chi connectivity index (χ0) is 18.0. The number of rotatable bonds is 4. The summed E-state index contributed by atoms with van der Waals surface area (Å²) in [6.45, 7) is 1.80. The van der Waals surface area contributed by atoms with Crippen LogP contribution in [0.4, 0.5) is 4.39 Å². The lowest BCUT2D eigenvalue weighted by molar-refractivity contribution is 0.626. The zero-order valence-corrected chi connectivity index (χ0v) is 14.7. The standard InChI is InChI=1S/C15H15ClFN7S/c1-7-11(13(23-18)24-19)12(9-3-2-8(17)6-10(9)16)22-14(21-7)15-20-4-5-25-15/h2-6,12,23-24H,18-19H2,1H3. The normalized spacial score (nSPS) is 17.0. The molecule has 0 amide bonds. The van der Waals surface area contributed by atoms with Gasteiger partial charge in [-0.25, -0.2) is 26.1 Å². The van der Waals surface area contributed by atoms with Crippen molar-refractivity contribution in [2.24, 2.45) is 21.7 Å². The number of thiazole rings is 1. The van der Waals surface area contributed by atoms with Gasteiger partial charge in [-0.1, -0.05) is 17.7 Å². The lowest BCUT2D eigenvalue weighted by atomic mass is 9.94. The molecular weight excluding hydrogens is 365 g/mol. The molecule has 7 nitrogen and oxygen atoms in total. The summed E-state index contributed by atoms with van der Waals surface area (Å²) in [4.78, 5) is 13.4. The van der Waals surface area contributed by atoms with Crippen LogP contribution in [0.15, 0.2) is 51.2 Å². The molecule has 10 heteroatoms. The van der Waals surface area contributed by atoms with E-state index in [1.165, 1.54) is 23.5 Å². The number of aromatic nitrogens is 1. The van der Waals surface area contributed by atoms with Crippen LogP contribution in [-0.4, -0.2) is 16.5 Å². The second-order valence-corrected chi connectivity index (χ2v) is 6.43. The molecule has 130 valence electrons. The maximum Gasteiger partial charge on any atom is 0.185 e. The molecule has 6 N–H and O–H groups in total. The van der Waals surface area contributed by atoms with Crippen LogP contribution in [0.3, 0.4) is 0 Å². The molecule has 0 bridgehead atoms. The van der Waals surface area contributed by atoms with E-state index in [0.717, 1.165) is 0 Å². The molecule has 0 radical (unpaired) electrons. The first-order chi connectivity index (χ1) is 12.0. The first-order valence-corrected chi connectivity index (χ1v) is 8.46. The van der Waals surface area contributed by atoms with Crippen LogP contribution in [0.5, 0.6) is 0 Å². The Morgan fingerprint density at radius 2 is 2.08 bits per heavy atom. The Bertz CT molecular complexity index is 870. The van der Waals surface area contributed by atoms with E-state index in [9.17, 15) is 4.39 Å². The maximum absolute atomic E-state index is 13.5. The molecular formula is C15H15ClFN7S. The summed E-state index contributed by atoms with van der Waals surface area (Å²) >= 11 is 7.67. The van der Waals surface area contributed by atoms with E-state index >= 15 is 0 Å². The van der Waals surface area contributed by atoms with E-state index < -0.39 is 11.9 Å². The van der Waals surface area contributed by atoms with Gasteiger partial charge in [-0.3, -0.25) is 4.99 Å². The number of hydrazine groups is 2. The van der Waals surface area contributed by atoms with Crippen molar-refractivity contribution in [3.8, 4) is 0 Å². The maximum atomic E-state index is 13.5. The highest BCUT2D eigenvalue weighted by Crippen LogP contribution is 2.36. The number of hydrogen-bond donors (Lipinski definition) is 4. The van der Waals surface area contributed by atoms with E-state index in [1.807, 2.05) is 5.38 Å². The van der Waals surface area contributed by atoms with Crippen LogP contribution >= 0.6 is 22.9 Å². The quantitative estimate of drug-likeness (QED) is 0.479. The highest BCUT2D eigenvalue weighted by Gasteiger charge is 2.29. The van der Waals surface area contributed by atoms with Crippen LogP contribution in [-0.2, 0) is 0 Å². The SMILES string of the molecule is CC1=NC(c2nccs2)=NC(c2ccc(F)cc2Cl)C1=C(NN)NN. The van der Waals surface area contributed by atoms with Crippen LogP contribution in [0.25, 0.3) is 0 Å². The highest BCUT2D eigenvalue weighted by atomic mass is 35.5. The number of aliphatic imine (C=N–C) groups is 2. The van der Waals surface area contributed by atoms with Crippen molar-refractivity contribution in [1.29, 1.82) is 0 Å². The molecule has 0 aliphatic carbocycles. The van der Waals surface area contributed by atoms with E-state index in [-0.39, 0.29) is 5.02 Å². The van der Waals surface area contributed by atoms with Crippen molar-refractivity contribution in [3.63, 3.8) is 0 Å². The largest absolute Gasteiger partial charge is 0.309 e. The Morgan fingerprint density at radius 3 is 2.68 bits per heavy atom. The summed E-state index contributed by atoms with van der Waals surface area (Å²) in [5.74, 6) is 11.5. The summed E-state index contributed by atoms with van der Waals surface area (Å²) in [6.07, 6.45) is 1.67. The van der Waals surface area contributed by atoms with Crippen molar-refractivity contribution in [2.75, 3.05) is 0 Å². The van der Waals surface area contributed by atoms with Gasteiger partial charge in [-0.2, -0.15) is 0 Å². The minimum absolute atomic E-state index is 0.243. The van der Waals surface area contributed by atoms with E-state index in [0.29, 0.717) is 33.5 Å². The minimum Gasteiger partial charge on any atom is -0.309 e. The van der Waals surface area contributed by atoms with Crippen LogP contribution in [0, 0.1) is 5.82 Å². The molecule has 0 fully saturated rings. The van der Waals surface area contributed by atoms with Gasteiger partial charge in [0.1, 0.15) is 17.7 Å². The summed E-state index contributed by atoms with van der Waals surface area (Å²) in [7, 11) is 0. The van der Waals surface area contributed by atoms with Crippen molar-refractivity contribution >= 4 is 34.5 Å².